The molecule has 0 spiro atoms. The van der Waals surface area contributed by atoms with Crippen LogP contribution in [0.2, 0.25) is 0 Å². The summed E-state index contributed by atoms with van der Waals surface area (Å²) in [5, 5.41) is 0. The Labute approximate surface area is 106 Å². The molecule has 18 heavy (non-hydrogen) atoms. The zero-order valence-corrected chi connectivity index (χ0v) is 10.5. The van der Waals surface area contributed by atoms with Crippen LogP contribution in [0.15, 0.2) is 18.2 Å². The summed E-state index contributed by atoms with van der Waals surface area (Å²) < 4.78 is 27.2. The third kappa shape index (κ3) is 2.37. The first-order valence-electron chi connectivity index (χ1n) is 6.40. The number of hydrogen-bond donors (Lipinski definition) is 0. The van der Waals surface area contributed by atoms with E-state index in [0.29, 0.717) is 6.54 Å². The maximum absolute atomic E-state index is 13.6. The molecular weight excluding hydrogens is 236 g/mol. The van der Waals surface area contributed by atoms with E-state index in [1.807, 2.05) is 6.92 Å². The fourth-order valence-electron chi connectivity index (χ4n) is 2.54. The van der Waals surface area contributed by atoms with Crippen molar-refractivity contribution in [2.75, 3.05) is 6.54 Å². The summed E-state index contributed by atoms with van der Waals surface area (Å²) >= 11 is 0. The molecule has 4 heteroatoms. The highest BCUT2D eigenvalue weighted by atomic mass is 19.1. The van der Waals surface area contributed by atoms with Crippen LogP contribution in [0.25, 0.3) is 0 Å². The highest BCUT2D eigenvalue weighted by Gasteiger charge is 2.29. The molecule has 0 unspecified atom stereocenters. The van der Waals surface area contributed by atoms with E-state index in [0.717, 1.165) is 37.8 Å². The Hall–Kier alpha value is -1.45. The second kappa shape index (κ2) is 5.46. The largest absolute Gasteiger partial charge is 0.335 e. The zero-order chi connectivity index (χ0) is 13.1. The van der Waals surface area contributed by atoms with Gasteiger partial charge in [-0.05, 0) is 37.8 Å². The van der Waals surface area contributed by atoms with E-state index in [2.05, 4.69) is 0 Å². The van der Waals surface area contributed by atoms with Crippen molar-refractivity contribution in [1.29, 1.82) is 0 Å². The molecule has 0 bridgehead atoms. The minimum Gasteiger partial charge on any atom is -0.335 e. The summed E-state index contributed by atoms with van der Waals surface area (Å²) in [6.45, 7) is 2.58. The van der Waals surface area contributed by atoms with Crippen molar-refractivity contribution < 1.29 is 13.6 Å². The van der Waals surface area contributed by atoms with Crippen LogP contribution in [0.3, 0.4) is 0 Å². The third-order valence-electron chi connectivity index (χ3n) is 3.54. The zero-order valence-electron chi connectivity index (χ0n) is 10.5. The fourth-order valence-corrected chi connectivity index (χ4v) is 2.54. The Balaban J connectivity index is 2.30. The van der Waals surface area contributed by atoms with Crippen LogP contribution in [-0.2, 0) is 0 Å². The highest BCUT2D eigenvalue weighted by molar-refractivity contribution is 5.95. The van der Waals surface area contributed by atoms with Crippen molar-refractivity contribution in [3.05, 3.63) is 35.4 Å². The molecule has 0 saturated carbocycles. The molecule has 1 aromatic rings. The molecule has 1 heterocycles. The second-order valence-electron chi connectivity index (χ2n) is 4.65. The number of rotatable bonds is 2. The van der Waals surface area contributed by atoms with Gasteiger partial charge in [-0.1, -0.05) is 13.0 Å². The van der Waals surface area contributed by atoms with Crippen molar-refractivity contribution in [3.63, 3.8) is 0 Å². The number of benzene rings is 1. The van der Waals surface area contributed by atoms with Gasteiger partial charge in [-0.2, -0.15) is 0 Å². The SMILES string of the molecule is CC[C@@H]1CCCCN1C(=O)c1c(F)cccc1F. The predicted molar refractivity (Wildman–Crippen MR) is 65.3 cm³/mol. The molecule has 98 valence electrons. The second-order valence-corrected chi connectivity index (χ2v) is 4.65. The standard InChI is InChI=1S/C14H17F2NO/c1-2-10-6-3-4-9-17(10)14(18)13-11(15)7-5-8-12(13)16/h5,7-8,10H,2-4,6,9H2,1H3/t10-/m1/s1. The average Bonchev–Trinajstić information content (AvgIpc) is 2.38. The van der Waals surface area contributed by atoms with Crippen LogP contribution in [-0.4, -0.2) is 23.4 Å². The van der Waals surface area contributed by atoms with Crippen LogP contribution < -0.4 is 0 Å². The van der Waals surface area contributed by atoms with Gasteiger partial charge in [-0.15, -0.1) is 0 Å². The van der Waals surface area contributed by atoms with Gasteiger partial charge >= 0.3 is 0 Å². The molecule has 0 radical (unpaired) electrons. The lowest BCUT2D eigenvalue weighted by atomic mass is 9.98. The van der Waals surface area contributed by atoms with Crippen molar-refractivity contribution in [1.82, 2.24) is 4.90 Å². The third-order valence-corrected chi connectivity index (χ3v) is 3.54. The topological polar surface area (TPSA) is 20.3 Å². The number of halogens is 2. The minimum absolute atomic E-state index is 0.102. The Morgan fingerprint density at radius 3 is 2.61 bits per heavy atom. The summed E-state index contributed by atoms with van der Waals surface area (Å²) in [6.07, 6.45) is 3.71. The Kier molecular flexibility index (Phi) is 3.94. The maximum atomic E-state index is 13.6. The molecule has 1 aliphatic heterocycles. The first-order valence-corrected chi connectivity index (χ1v) is 6.40. The summed E-state index contributed by atoms with van der Waals surface area (Å²) in [5.74, 6) is -2.07. The molecule has 0 aromatic heterocycles. The molecule has 1 atom stereocenters. The maximum Gasteiger partial charge on any atom is 0.260 e. The normalized spacial score (nSPS) is 19.9. The number of piperidine rings is 1. The number of carbonyl (C=O) groups excluding carboxylic acids is 1. The molecule has 2 nitrogen and oxygen atoms in total. The molecule has 0 aliphatic carbocycles. The molecule has 2 rings (SSSR count). The van der Waals surface area contributed by atoms with Gasteiger partial charge in [0.25, 0.3) is 5.91 Å². The van der Waals surface area contributed by atoms with E-state index >= 15 is 0 Å². The van der Waals surface area contributed by atoms with E-state index in [9.17, 15) is 13.6 Å². The van der Waals surface area contributed by atoms with Gasteiger partial charge in [-0.3, -0.25) is 4.79 Å². The number of nitrogens with zero attached hydrogens (tertiary/aromatic N) is 1. The average molecular weight is 253 g/mol. The minimum atomic E-state index is -0.777. The van der Waals surface area contributed by atoms with Gasteiger partial charge in [0, 0.05) is 12.6 Å². The fraction of sp³-hybridized carbons (Fsp3) is 0.500. The summed E-state index contributed by atoms with van der Waals surface area (Å²) in [7, 11) is 0. The van der Waals surface area contributed by atoms with E-state index in [-0.39, 0.29) is 6.04 Å². The van der Waals surface area contributed by atoms with Gasteiger partial charge < -0.3 is 4.90 Å². The van der Waals surface area contributed by atoms with Crippen LogP contribution in [0.5, 0.6) is 0 Å². The number of carbonyl (C=O) groups is 1. The van der Waals surface area contributed by atoms with Crippen molar-refractivity contribution in [2.45, 2.75) is 38.6 Å². The lowest BCUT2D eigenvalue weighted by molar-refractivity contribution is 0.0598. The van der Waals surface area contributed by atoms with Gasteiger partial charge in [0.1, 0.15) is 17.2 Å². The van der Waals surface area contributed by atoms with Crippen LogP contribution >= 0.6 is 0 Å². The van der Waals surface area contributed by atoms with Crippen molar-refractivity contribution in [3.8, 4) is 0 Å². The molecule has 1 amide bonds. The summed E-state index contributed by atoms with van der Waals surface area (Å²) in [6, 6.07) is 3.63. The first kappa shape index (κ1) is 13.0. The lowest BCUT2D eigenvalue weighted by Crippen LogP contribution is -2.44. The molecule has 1 aliphatic rings. The van der Waals surface area contributed by atoms with Gasteiger partial charge in [0.05, 0.1) is 0 Å². The monoisotopic (exact) mass is 253 g/mol. The van der Waals surface area contributed by atoms with Gasteiger partial charge in [0.15, 0.2) is 0 Å². The van der Waals surface area contributed by atoms with E-state index in [4.69, 9.17) is 0 Å². The molecule has 1 fully saturated rings. The number of hydrogen-bond acceptors (Lipinski definition) is 1. The van der Waals surface area contributed by atoms with Gasteiger partial charge in [-0.25, -0.2) is 8.78 Å². The van der Waals surface area contributed by atoms with Gasteiger partial charge in [0.2, 0.25) is 0 Å². The summed E-state index contributed by atoms with van der Waals surface area (Å²) in [4.78, 5) is 13.9. The van der Waals surface area contributed by atoms with Crippen LogP contribution in [0.4, 0.5) is 8.78 Å². The summed E-state index contributed by atoms with van der Waals surface area (Å²) in [5.41, 5.74) is -0.419. The van der Waals surface area contributed by atoms with Crippen LogP contribution in [0.1, 0.15) is 43.0 Å². The van der Waals surface area contributed by atoms with E-state index in [1.54, 1.807) is 4.90 Å². The molecule has 0 N–H and O–H groups in total. The van der Waals surface area contributed by atoms with Crippen molar-refractivity contribution >= 4 is 5.91 Å². The van der Waals surface area contributed by atoms with E-state index in [1.165, 1.54) is 6.07 Å². The van der Waals surface area contributed by atoms with Crippen molar-refractivity contribution in [2.24, 2.45) is 0 Å². The Morgan fingerprint density at radius 2 is 2.00 bits per heavy atom. The smallest absolute Gasteiger partial charge is 0.260 e. The highest BCUT2D eigenvalue weighted by Crippen LogP contribution is 2.23. The van der Waals surface area contributed by atoms with Crippen LogP contribution in [0, 0.1) is 11.6 Å². The Morgan fingerprint density at radius 1 is 1.33 bits per heavy atom. The van der Waals surface area contributed by atoms with E-state index < -0.39 is 23.1 Å². The number of amides is 1. The predicted octanol–water partition coefficient (Wildman–Crippen LogP) is 3.37. The molecular formula is C14H17F2NO. The quantitative estimate of drug-likeness (QED) is 0.791. The molecule has 1 saturated heterocycles. The number of likely N-dealkylation sites (tertiary alicyclic amines) is 1. The first-order chi connectivity index (χ1) is 8.65. The Bertz CT molecular complexity index is 427. The molecule has 1 aromatic carbocycles. The lowest BCUT2D eigenvalue weighted by Gasteiger charge is -2.35.